The second kappa shape index (κ2) is 8.37. The van der Waals surface area contributed by atoms with E-state index in [1.54, 1.807) is 24.3 Å². The smallest absolute Gasteiger partial charge is 0.339 e. The predicted octanol–water partition coefficient (Wildman–Crippen LogP) is 4.05. The van der Waals surface area contributed by atoms with Gasteiger partial charge in [-0.25, -0.2) is 4.79 Å². The molecule has 1 N–H and O–H groups in total. The molecule has 1 aliphatic heterocycles. The molecule has 27 heavy (non-hydrogen) atoms. The molecule has 1 fully saturated rings. The maximum Gasteiger partial charge on any atom is 0.339 e. The fraction of sp³-hybridized carbons (Fsp3) is 0.150. The molecule has 2 aromatic rings. The molecule has 0 spiro atoms. The van der Waals surface area contributed by atoms with E-state index in [9.17, 15) is 9.59 Å². The molecule has 1 amide bonds. The van der Waals surface area contributed by atoms with Crippen LogP contribution in [-0.4, -0.2) is 34.9 Å². The molecule has 1 heterocycles. The van der Waals surface area contributed by atoms with E-state index in [-0.39, 0.29) is 12.6 Å². The Morgan fingerprint density at radius 3 is 2.63 bits per heavy atom. The van der Waals surface area contributed by atoms with Gasteiger partial charge in [-0.15, -0.1) is 0 Å². The minimum atomic E-state index is -0.442. The van der Waals surface area contributed by atoms with Crippen molar-refractivity contribution in [1.29, 1.82) is 0 Å². The third kappa shape index (κ3) is 4.37. The van der Waals surface area contributed by atoms with E-state index in [1.807, 2.05) is 37.3 Å². The number of esters is 1. The van der Waals surface area contributed by atoms with E-state index in [2.05, 4.69) is 5.32 Å². The van der Waals surface area contributed by atoms with Crippen molar-refractivity contribution in [1.82, 2.24) is 4.90 Å². The average molecular weight is 399 g/mol. The molecule has 0 aliphatic carbocycles. The maximum absolute atomic E-state index is 12.7. The van der Waals surface area contributed by atoms with Crippen molar-refractivity contribution < 1.29 is 14.3 Å². The first kappa shape index (κ1) is 19.1. The molecule has 2 aromatic carbocycles. The van der Waals surface area contributed by atoms with Gasteiger partial charge in [-0.1, -0.05) is 65.9 Å². The zero-order chi connectivity index (χ0) is 19.4. The van der Waals surface area contributed by atoms with Crippen LogP contribution in [-0.2, 0) is 9.53 Å². The highest BCUT2D eigenvalue weighted by Gasteiger charge is 2.32. The molecule has 0 unspecified atom stereocenters. The number of para-hydroxylation sites is 1. The first-order chi connectivity index (χ1) is 13.0. The van der Waals surface area contributed by atoms with Crippen molar-refractivity contribution in [2.24, 2.45) is 0 Å². The second-order valence-corrected chi connectivity index (χ2v) is 7.57. The lowest BCUT2D eigenvalue weighted by Gasteiger charge is -2.17. The Kier molecular flexibility index (Phi) is 5.93. The summed E-state index contributed by atoms with van der Waals surface area (Å²) in [5.41, 5.74) is 3.10. The third-order valence-corrected chi connectivity index (χ3v) is 5.39. The Morgan fingerprint density at radius 2 is 1.93 bits per heavy atom. The van der Waals surface area contributed by atoms with E-state index < -0.39 is 5.97 Å². The number of nitrogens with one attached hydrogen (secondary N) is 1. The zero-order valence-electron chi connectivity index (χ0n) is 14.9. The lowest BCUT2D eigenvalue weighted by atomic mass is 10.1. The number of benzene rings is 2. The average Bonchev–Trinajstić information content (AvgIpc) is 2.94. The van der Waals surface area contributed by atoms with Crippen molar-refractivity contribution in [2.75, 3.05) is 19.1 Å². The van der Waals surface area contributed by atoms with Crippen LogP contribution < -0.4 is 5.32 Å². The van der Waals surface area contributed by atoms with Crippen LogP contribution in [0.25, 0.3) is 6.08 Å². The van der Waals surface area contributed by atoms with E-state index >= 15 is 0 Å². The zero-order valence-corrected chi connectivity index (χ0v) is 16.5. The van der Waals surface area contributed by atoms with Gasteiger partial charge in [0.15, 0.2) is 0 Å². The first-order valence-corrected chi connectivity index (χ1v) is 9.45. The summed E-state index contributed by atoms with van der Waals surface area (Å²) in [5.74, 6) is -0.601. The number of ether oxygens (including phenoxy) is 1. The minimum Gasteiger partial charge on any atom is -0.465 e. The summed E-state index contributed by atoms with van der Waals surface area (Å²) in [5, 5.41) is 3.10. The fourth-order valence-electron chi connectivity index (χ4n) is 2.54. The Labute approximate surface area is 167 Å². The van der Waals surface area contributed by atoms with Crippen molar-refractivity contribution in [2.45, 2.75) is 6.92 Å². The number of hydrogen-bond donors (Lipinski definition) is 1. The monoisotopic (exact) mass is 398 g/mol. The van der Waals surface area contributed by atoms with E-state index in [1.165, 1.54) is 23.8 Å². The number of carbonyl (C=O) groups excluding carboxylic acids is 2. The number of nitrogens with zero attached hydrogens (tertiary/aromatic N) is 1. The molecule has 7 heteroatoms. The summed E-state index contributed by atoms with van der Waals surface area (Å²) >= 11 is 6.62. The van der Waals surface area contributed by atoms with Crippen molar-refractivity contribution in [3.8, 4) is 0 Å². The number of thioether (sulfide) groups is 1. The number of carbonyl (C=O) groups is 2. The summed E-state index contributed by atoms with van der Waals surface area (Å²) in [6.07, 6.45) is 1.83. The van der Waals surface area contributed by atoms with Gasteiger partial charge in [-0.05, 0) is 30.7 Å². The van der Waals surface area contributed by atoms with Gasteiger partial charge in [-0.2, -0.15) is 0 Å². The van der Waals surface area contributed by atoms with Gasteiger partial charge in [0, 0.05) is 0 Å². The van der Waals surface area contributed by atoms with Crippen LogP contribution in [0.5, 0.6) is 0 Å². The van der Waals surface area contributed by atoms with E-state index in [0.717, 1.165) is 11.1 Å². The van der Waals surface area contributed by atoms with Gasteiger partial charge >= 0.3 is 5.97 Å². The normalized spacial score (nSPS) is 15.3. The summed E-state index contributed by atoms with van der Waals surface area (Å²) in [6, 6.07) is 14.9. The number of hydrogen-bond acceptors (Lipinski definition) is 6. The molecule has 0 bridgehead atoms. The molecule has 0 radical (unpaired) electrons. The molecule has 1 saturated heterocycles. The number of amides is 1. The topological polar surface area (TPSA) is 58.6 Å². The molecular weight excluding hydrogens is 380 g/mol. The van der Waals surface area contributed by atoms with Gasteiger partial charge < -0.3 is 10.1 Å². The summed E-state index contributed by atoms with van der Waals surface area (Å²) < 4.78 is 5.26. The van der Waals surface area contributed by atoms with Gasteiger partial charge in [0.25, 0.3) is 5.91 Å². The van der Waals surface area contributed by atoms with Crippen LogP contribution in [0.1, 0.15) is 21.5 Å². The van der Waals surface area contributed by atoms with Crippen LogP contribution in [0.2, 0.25) is 0 Å². The standard InChI is InChI=1S/C20H18N2O3S2/c1-13-7-9-14(10-8-13)11-17-18(23)22(20(26)27-17)12-21-16-6-4-3-5-15(16)19(24)25-2/h3-11,21H,12H2,1-2H3. The fourth-order valence-corrected chi connectivity index (χ4v) is 3.79. The van der Waals surface area contributed by atoms with Crippen LogP contribution in [0.4, 0.5) is 5.69 Å². The number of methoxy groups -OCH3 is 1. The largest absolute Gasteiger partial charge is 0.465 e. The van der Waals surface area contributed by atoms with E-state index in [4.69, 9.17) is 17.0 Å². The van der Waals surface area contributed by atoms with Crippen molar-refractivity contribution >= 4 is 51.9 Å². The highest BCUT2D eigenvalue weighted by Crippen LogP contribution is 2.32. The highest BCUT2D eigenvalue weighted by atomic mass is 32.2. The Balaban J connectivity index is 1.73. The van der Waals surface area contributed by atoms with Crippen LogP contribution in [0, 0.1) is 6.92 Å². The molecular formula is C20H18N2O3S2. The molecule has 0 aromatic heterocycles. The van der Waals surface area contributed by atoms with Gasteiger partial charge in [0.1, 0.15) is 4.32 Å². The number of rotatable bonds is 5. The number of anilines is 1. The lowest BCUT2D eigenvalue weighted by Crippen LogP contribution is -2.33. The Hall–Kier alpha value is -2.64. The number of aryl methyl sites for hydroxylation is 1. The first-order valence-electron chi connectivity index (χ1n) is 8.23. The van der Waals surface area contributed by atoms with Crippen molar-refractivity contribution in [3.05, 3.63) is 70.1 Å². The molecule has 138 valence electrons. The summed E-state index contributed by atoms with van der Waals surface area (Å²) in [7, 11) is 1.33. The molecule has 3 rings (SSSR count). The molecule has 0 saturated carbocycles. The van der Waals surface area contributed by atoms with Gasteiger partial charge in [0.05, 0.1) is 29.9 Å². The minimum absolute atomic E-state index is 0.159. The lowest BCUT2D eigenvalue weighted by molar-refractivity contribution is -0.121. The Bertz CT molecular complexity index is 923. The summed E-state index contributed by atoms with van der Waals surface area (Å²) in [4.78, 5) is 26.6. The summed E-state index contributed by atoms with van der Waals surface area (Å²) in [6.45, 7) is 2.19. The van der Waals surface area contributed by atoms with Gasteiger partial charge in [-0.3, -0.25) is 9.69 Å². The maximum atomic E-state index is 12.7. The quantitative estimate of drug-likeness (QED) is 0.466. The van der Waals surface area contributed by atoms with Crippen LogP contribution in [0.15, 0.2) is 53.4 Å². The Morgan fingerprint density at radius 1 is 1.22 bits per heavy atom. The molecule has 0 atom stereocenters. The van der Waals surface area contributed by atoms with E-state index in [0.29, 0.717) is 20.5 Å². The van der Waals surface area contributed by atoms with Crippen LogP contribution >= 0.6 is 24.0 Å². The SMILES string of the molecule is COC(=O)c1ccccc1NCN1C(=O)C(=Cc2ccc(C)cc2)SC1=S. The molecule has 1 aliphatic rings. The number of thiocarbonyl (C=S) groups is 1. The highest BCUT2D eigenvalue weighted by molar-refractivity contribution is 8.26. The van der Waals surface area contributed by atoms with Crippen LogP contribution in [0.3, 0.4) is 0 Å². The molecule has 5 nitrogen and oxygen atoms in total. The predicted molar refractivity (Wildman–Crippen MR) is 112 cm³/mol. The second-order valence-electron chi connectivity index (χ2n) is 5.89. The van der Waals surface area contributed by atoms with Gasteiger partial charge in [0.2, 0.25) is 0 Å². The third-order valence-electron chi connectivity index (χ3n) is 4.01. The van der Waals surface area contributed by atoms with Crippen molar-refractivity contribution in [3.63, 3.8) is 0 Å².